The van der Waals surface area contributed by atoms with E-state index < -0.39 is 41.8 Å². The molecule has 1 amide bonds. The molecular formula is C18H34N2O8. The Labute approximate surface area is 165 Å². The molecule has 164 valence electrons. The van der Waals surface area contributed by atoms with Gasteiger partial charge in [-0.05, 0) is 46.5 Å². The molecule has 0 spiro atoms. The molecule has 0 aliphatic carbocycles. The molecular weight excluding hydrogens is 372 g/mol. The summed E-state index contributed by atoms with van der Waals surface area (Å²) in [5.74, 6) is -1.89. The van der Waals surface area contributed by atoms with E-state index in [0.29, 0.717) is 25.8 Å². The number of nitrogens with zero attached hydrogens (tertiary/aromatic N) is 1. The van der Waals surface area contributed by atoms with Crippen LogP contribution in [-0.2, 0) is 14.3 Å². The SMILES string of the molecule is C.CC(C)(C)OC(=O)N1C[C@@H](O)CC[C@H]1C(=O)O.O=C(O)[C@@H]1CC[C@H](O)CN1. The number of piperidine rings is 2. The van der Waals surface area contributed by atoms with Crippen molar-refractivity contribution in [2.45, 2.75) is 83.8 Å². The van der Waals surface area contributed by atoms with Gasteiger partial charge in [0.05, 0.1) is 18.8 Å². The molecule has 0 aromatic heterocycles. The highest BCUT2D eigenvalue weighted by Crippen LogP contribution is 2.20. The van der Waals surface area contributed by atoms with E-state index in [1.807, 2.05) is 0 Å². The average molecular weight is 406 g/mol. The number of rotatable bonds is 2. The smallest absolute Gasteiger partial charge is 0.411 e. The number of carboxylic acids is 2. The van der Waals surface area contributed by atoms with Gasteiger partial charge in [0.1, 0.15) is 17.7 Å². The van der Waals surface area contributed by atoms with E-state index >= 15 is 0 Å². The number of carbonyl (C=O) groups is 3. The summed E-state index contributed by atoms with van der Waals surface area (Å²) >= 11 is 0. The van der Waals surface area contributed by atoms with E-state index in [1.165, 1.54) is 0 Å². The first-order chi connectivity index (χ1) is 12.4. The fourth-order valence-electron chi connectivity index (χ4n) is 2.78. The van der Waals surface area contributed by atoms with E-state index in [0.717, 1.165) is 4.90 Å². The van der Waals surface area contributed by atoms with Gasteiger partial charge >= 0.3 is 18.0 Å². The lowest BCUT2D eigenvalue weighted by molar-refractivity contribution is -0.145. The summed E-state index contributed by atoms with van der Waals surface area (Å²) in [4.78, 5) is 34.2. The molecule has 0 saturated carbocycles. The normalized spacial score (nSPS) is 27.5. The largest absolute Gasteiger partial charge is 0.480 e. The second-order valence-electron chi connectivity index (χ2n) is 7.75. The quantitative estimate of drug-likeness (QED) is 0.444. The number of ether oxygens (including phenoxy) is 1. The van der Waals surface area contributed by atoms with Gasteiger partial charge in [-0.2, -0.15) is 0 Å². The molecule has 0 unspecified atom stereocenters. The number of aliphatic hydroxyl groups excluding tert-OH is 2. The Kier molecular flexibility index (Phi) is 10.4. The van der Waals surface area contributed by atoms with E-state index in [4.69, 9.17) is 20.1 Å². The molecule has 4 atom stereocenters. The molecule has 0 aromatic rings. The van der Waals surface area contributed by atoms with E-state index in [-0.39, 0.29) is 26.5 Å². The summed E-state index contributed by atoms with van der Waals surface area (Å²) in [6.07, 6.45) is 0.00399. The van der Waals surface area contributed by atoms with Crippen LogP contribution in [0.4, 0.5) is 4.79 Å². The van der Waals surface area contributed by atoms with Gasteiger partial charge in [0.15, 0.2) is 0 Å². The van der Waals surface area contributed by atoms with Crippen LogP contribution in [0, 0.1) is 0 Å². The highest BCUT2D eigenvalue weighted by molar-refractivity contribution is 5.80. The van der Waals surface area contributed by atoms with E-state index in [9.17, 15) is 19.5 Å². The van der Waals surface area contributed by atoms with Gasteiger partial charge in [-0.1, -0.05) is 7.43 Å². The minimum absolute atomic E-state index is 0. The van der Waals surface area contributed by atoms with Crippen molar-refractivity contribution in [3.8, 4) is 0 Å². The minimum Gasteiger partial charge on any atom is -0.480 e. The fraction of sp³-hybridized carbons (Fsp3) is 0.833. The maximum atomic E-state index is 11.8. The zero-order valence-electron chi connectivity index (χ0n) is 15.9. The predicted octanol–water partition coefficient (Wildman–Crippen LogP) is 0.651. The van der Waals surface area contributed by atoms with Gasteiger partial charge in [-0.15, -0.1) is 0 Å². The highest BCUT2D eigenvalue weighted by Gasteiger charge is 2.37. The standard InChI is InChI=1S/C11H19NO5.C6H11NO3.CH4/c1-11(2,3)17-10(16)12-6-7(13)4-5-8(12)9(14)15;8-4-1-2-5(6(9)10)7-3-4;/h7-8,13H,4-6H2,1-3H3,(H,14,15);4-5,7-8H,1-3H2,(H,9,10);1H4/t7-,8-;4-,5-;/m00./s1. The van der Waals surface area contributed by atoms with Crippen LogP contribution in [0.15, 0.2) is 0 Å². The Morgan fingerprint density at radius 2 is 1.54 bits per heavy atom. The molecule has 0 bridgehead atoms. The molecule has 0 aromatic carbocycles. The molecule has 0 radical (unpaired) electrons. The minimum atomic E-state index is -1.07. The average Bonchev–Trinajstić information content (AvgIpc) is 2.54. The number of aliphatic carboxylic acids is 2. The topological polar surface area (TPSA) is 157 Å². The Morgan fingerprint density at radius 3 is 1.96 bits per heavy atom. The number of carbonyl (C=O) groups excluding carboxylic acids is 1. The monoisotopic (exact) mass is 406 g/mol. The van der Waals surface area contributed by atoms with Crippen molar-refractivity contribution in [1.82, 2.24) is 10.2 Å². The van der Waals surface area contributed by atoms with Crippen molar-refractivity contribution >= 4 is 18.0 Å². The molecule has 28 heavy (non-hydrogen) atoms. The molecule has 2 aliphatic heterocycles. The summed E-state index contributed by atoms with van der Waals surface area (Å²) < 4.78 is 5.12. The van der Waals surface area contributed by atoms with Crippen molar-refractivity contribution in [3.05, 3.63) is 0 Å². The first-order valence-corrected chi connectivity index (χ1v) is 8.95. The van der Waals surface area contributed by atoms with E-state index in [1.54, 1.807) is 20.8 Å². The zero-order chi connectivity index (χ0) is 20.8. The lowest BCUT2D eigenvalue weighted by Crippen LogP contribution is -2.53. The van der Waals surface area contributed by atoms with E-state index in [2.05, 4.69) is 5.32 Å². The van der Waals surface area contributed by atoms with Gasteiger partial charge in [-0.3, -0.25) is 9.69 Å². The summed E-state index contributed by atoms with van der Waals surface area (Å²) in [6, 6.07) is -1.36. The third-order valence-corrected chi connectivity index (χ3v) is 4.16. The van der Waals surface area contributed by atoms with Crippen LogP contribution in [0.3, 0.4) is 0 Å². The van der Waals surface area contributed by atoms with Gasteiger partial charge in [-0.25, -0.2) is 9.59 Å². The van der Waals surface area contributed by atoms with Crippen LogP contribution in [0.25, 0.3) is 0 Å². The number of nitrogens with one attached hydrogen (secondary N) is 1. The number of β-amino-alcohol motifs (C(OH)–C–C–N with tert-alkyl or cyclic N) is 2. The molecule has 2 fully saturated rings. The second-order valence-corrected chi connectivity index (χ2v) is 7.75. The van der Waals surface area contributed by atoms with Gasteiger partial charge < -0.3 is 30.5 Å². The van der Waals surface area contributed by atoms with Crippen molar-refractivity contribution in [3.63, 3.8) is 0 Å². The summed E-state index contributed by atoms with van der Waals surface area (Å²) in [5.41, 5.74) is -0.678. The number of aliphatic hydroxyl groups is 2. The maximum absolute atomic E-state index is 11.8. The molecule has 2 rings (SSSR count). The Morgan fingerprint density at radius 1 is 0.964 bits per heavy atom. The van der Waals surface area contributed by atoms with Gasteiger partial charge in [0.2, 0.25) is 0 Å². The maximum Gasteiger partial charge on any atom is 0.411 e. The first-order valence-electron chi connectivity index (χ1n) is 8.95. The summed E-state index contributed by atoms with van der Waals surface area (Å²) in [6.45, 7) is 5.53. The molecule has 2 saturated heterocycles. The Balaban J connectivity index is 0.000000567. The Hall–Kier alpha value is -1.91. The number of carboxylic acid groups (broad SMARTS) is 2. The predicted molar refractivity (Wildman–Crippen MR) is 101 cm³/mol. The molecule has 2 aliphatic rings. The fourth-order valence-corrected chi connectivity index (χ4v) is 2.78. The highest BCUT2D eigenvalue weighted by atomic mass is 16.6. The third kappa shape index (κ3) is 8.85. The number of amides is 1. The van der Waals surface area contributed by atoms with Crippen molar-refractivity contribution < 1.29 is 39.5 Å². The molecule has 10 heteroatoms. The third-order valence-electron chi connectivity index (χ3n) is 4.16. The van der Waals surface area contributed by atoms with Crippen LogP contribution < -0.4 is 5.32 Å². The Bertz CT molecular complexity index is 526. The van der Waals surface area contributed by atoms with Gasteiger partial charge in [0.25, 0.3) is 0 Å². The van der Waals surface area contributed by atoms with Crippen LogP contribution in [0.2, 0.25) is 0 Å². The number of likely N-dealkylation sites (tertiary alicyclic amines) is 1. The lowest BCUT2D eigenvalue weighted by atomic mass is 10.0. The zero-order valence-corrected chi connectivity index (χ0v) is 15.9. The number of hydrogen-bond donors (Lipinski definition) is 5. The second kappa shape index (κ2) is 11.2. The van der Waals surface area contributed by atoms with Crippen LogP contribution >= 0.6 is 0 Å². The van der Waals surface area contributed by atoms with Crippen LogP contribution in [0.5, 0.6) is 0 Å². The number of hydrogen-bond acceptors (Lipinski definition) is 7. The van der Waals surface area contributed by atoms with Crippen molar-refractivity contribution in [1.29, 1.82) is 0 Å². The first kappa shape index (κ1) is 26.1. The van der Waals surface area contributed by atoms with Crippen LogP contribution in [-0.4, -0.2) is 86.3 Å². The van der Waals surface area contributed by atoms with Crippen molar-refractivity contribution in [2.75, 3.05) is 13.1 Å². The lowest BCUT2D eigenvalue weighted by Gasteiger charge is -2.36. The van der Waals surface area contributed by atoms with Crippen LogP contribution in [0.1, 0.15) is 53.9 Å². The van der Waals surface area contributed by atoms with Gasteiger partial charge in [0, 0.05) is 6.54 Å². The summed E-state index contributed by atoms with van der Waals surface area (Å²) in [7, 11) is 0. The molecule has 10 nitrogen and oxygen atoms in total. The summed E-state index contributed by atoms with van der Waals surface area (Å²) in [5, 5.41) is 38.6. The molecule has 5 N–H and O–H groups in total. The van der Waals surface area contributed by atoms with Crippen molar-refractivity contribution in [2.24, 2.45) is 0 Å². The molecule has 2 heterocycles.